The van der Waals surface area contributed by atoms with Crippen molar-refractivity contribution in [3.63, 3.8) is 0 Å². The molecule has 37 nitrogen and oxygen atoms in total. The molecule has 8 N–H and O–H groups in total. The first-order valence-electron chi connectivity index (χ1n) is 46.0. The van der Waals surface area contributed by atoms with Crippen LogP contribution < -0.4 is 32.1 Å². The molecule has 10 rings (SSSR count). The number of aliphatic hydroxyl groups is 1. The Morgan fingerprint density at radius 1 is 0.570 bits per heavy atom. The van der Waals surface area contributed by atoms with Crippen LogP contribution in [0.5, 0.6) is 0 Å². The number of esters is 5. The number of hydrogen-bond donors (Lipinski definition) is 8. The molecular weight excluding hydrogens is 1970 g/mol. The number of aryl methyl sites for hydroxylation is 2. The van der Waals surface area contributed by atoms with Gasteiger partial charge in [-0.2, -0.15) is 0 Å². The number of hydrazine groups is 2. The van der Waals surface area contributed by atoms with Gasteiger partial charge in [-0.1, -0.05) is 182 Å². The summed E-state index contributed by atoms with van der Waals surface area (Å²) in [5, 5.41) is 57.4. The highest BCUT2D eigenvalue weighted by atomic mass is 35.6. The van der Waals surface area contributed by atoms with Crippen LogP contribution in [-0.2, 0) is 76.3 Å². The van der Waals surface area contributed by atoms with Crippen molar-refractivity contribution >= 4 is 180 Å². The molecule has 4 saturated heterocycles. The number of aliphatic hydroxyl groups excluding tert-OH is 1. The van der Waals surface area contributed by atoms with E-state index < -0.39 is 184 Å². The number of nitrogens with zero attached hydrogens (tertiary/aromatic N) is 6. The number of amides is 5. The quantitative estimate of drug-likeness (QED) is 0.00411. The molecule has 0 radical (unpaired) electrons. The van der Waals surface area contributed by atoms with Crippen molar-refractivity contribution in [1.82, 2.24) is 52.1 Å². The molecule has 4 aliphatic rings. The molecule has 2 aromatic heterocycles. The first kappa shape index (κ1) is 118. The fourth-order valence-electron chi connectivity index (χ4n) is 15.6. The number of aromatic nitrogens is 2. The summed E-state index contributed by atoms with van der Waals surface area (Å²) in [6.45, 7) is 40.1. The van der Waals surface area contributed by atoms with Crippen LogP contribution in [0.1, 0.15) is 242 Å². The van der Waals surface area contributed by atoms with E-state index in [4.69, 9.17) is 113 Å². The molecule has 10 atom stereocenters. The summed E-state index contributed by atoms with van der Waals surface area (Å²) in [7, 11) is 0. The molecule has 4 aromatic carbocycles. The highest BCUT2D eigenvalue weighted by Gasteiger charge is 2.49. The Balaban J connectivity index is 0.000000276. The van der Waals surface area contributed by atoms with E-state index in [1.165, 1.54) is 62.0 Å². The lowest BCUT2D eigenvalue weighted by Gasteiger charge is -2.42. The number of alkyl carbamates (subject to hydrolysis) is 1. The van der Waals surface area contributed by atoms with E-state index in [-0.39, 0.29) is 59.4 Å². The van der Waals surface area contributed by atoms with Gasteiger partial charge in [0.2, 0.25) is 13.5 Å². The van der Waals surface area contributed by atoms with Crippen molar-refractivity contribution in [3.8, 4) is 0 Å². The summed E-state index contributed by atoms with van der Waals surface area (Å²) in [4.78, 5) is 170. The first-order valence-corrected chi connectivity index (χ1v) is 48.3. The Hall–Kier alpha value is -11.0. The van der Waals surface area contributed by atoms with Crippen molar-refractivity contribution in [2.45, 2.75) is 268 Å². The first-order chi connectivity index (χ1) is 65.8. The number of pyridine rings is 2. The Labute approximate surface area is 855 Å². The predicted octanol–water partition coefficient (Wildman–Crippen LogP) is 16.8. The van der Waals surface area contributed by atoms with Crippen molar-refractivity contribution in [2.24, 2.45) is 22.7 Å². The second kappa shape index (κ2) is 50.5. The topological polar surface area (TPSA) is 493 Å². The SMILES string of the molecule is C=C(N[C@H](C)c1ccc2ccc(/C=C/C3(C(=O)O)CCOC(C)(C)C3)cc2n1)OC(C)(C)C.CC(C)[C@H](O)C(=O)N[C@@H](C)C(=O)N1CCC[C@@H](C(=O)OCC(Cl)(Cl)Cl)N1.CC(C)[C@H](OC(=O)C1(/C=C/c2ccc3ccc([C@@H](C)NC(=O)OC(C)(C)C)nc3c2)CCOC(C)(C)C1)C(=O)N[C@@H](C)C(=O)N1CCC[C@@H](C(=O)OCC(Cl)(Cl)Cl)N1.Cc1cccc([N+](=O)[O-])c1C(=O)OC(=O)c1c(C)cccc1[N+](=O)[O-]. The summed E-state index contributed by atoms with van der Waals surface area (Å²) < 4.78 is 40.1. The van der Waals surface area contributed by atoms with Crippen LogP contribution in [0.3, 0.4) is 0 Å². The molecule has 4 fully saturated rings. The number of carbonyl (C=O) groups excluding carboxylic acids is 10. The molecule has 0 spiro atoms. The number of fused-ring (bicyclic) bond motifs is 2. The number of benzene rings is 4. The van der Waals surface area contributed by atoms with Crippen LogP contribution in [0.4, 0.5) is 16.2 Å². The molecule has 0 saturated carbocycles. The molecular formula is C99H128Cl6N12O25. The van der Waals surface area contributed by atoms with E-state index >= 15 is 0 Å². The summed E-state index contributed by atoms with van der Waals surface area (Å²) >= 11 is 33.7. The molecule has 5 amide bonds. The van der Waals surface area contributed by atoms with Gasteiger partial charge in [-0.25, -0.2) is 25.2 Å². The fourth-order valence-corrected chi connectivity index (χ4v) is 16.0. The van der Waals surface area contributed by atoms with E-state index in [0.717, 1.165) is 45.2 Å². The Morgan fingerprint density at radius 2 is 0.972 bits per heavy atom. The number of aliphatic carboxylic acids is 1. The minimum absolute atomic E-state index is 0.0804. The minimum atomic E-state index is -1.78. The van der Waals surface area contributed by atoms with Crippen molar-refractivity contribution in [3.05, 3.63) is 187 Å². The lowest BCUT2D eigenvalue weighted by molar-refractivity contribution is -0.385. The van der Waals surface area contributed by atoms with Gasteiger partial charge in [0.05, 0.1) is 66.4 Å². The summed E-state index contributed by atoms with van der Waals surface area (Å²) in [6.07, 6.45) is 7.78. The van der Waals surface area contributed by atoms with Crippen molar-refractivity contribution < 1.29 is 111 Å². The molecule has 6 heterocycles. The van der Waals surface area contributed by atoms with E-state index in [1.54, 1.807) is 48.5 Å². The van der Waals surface area contributed by atoms with Crippen LogP contribution in [0.2, 0.25) is 0 Å². The highest BCUT2D eigenvalue weighted by molar-refractivity contribution is 6.68. The summed E-state index contributed by atoms with van der Waals surface area (Å²) in [5.41, 5.74) is 4.86. The maximum absolute atomic E-state index is 14.3. The maximum Gasteiger partial charge on any atom is 0.408 e. The summed E-state index contributed by atoms with van der Waals surface area (Å²) in [6, 6.07) is 23.4. The van der Waals surface area contributed by atoms with Crippen molar-refractivity contribution in [2.75, 3.05) is 39.5 Å². The standard InChI is InChI=1S/C41H56Cl3N5O9.C27H36N2O4.C16H12N2O7.C15H24Cl3N3O5/c1-24(2)32(33(50)45-26(4)34(51)49-19-10-11-30(48-49)35(52)55-23-41(42,43)44)57-36(53)40(18-20-56-39(8,9)22-40)17-16-27-12-13-28-14-15-29(47-31(28)21-27)25(3)46-37(54)58-38(5,6)7;1-18(28-19(2)33-25(3,4)5)22-11-10-21-9-8-20(16-23(21)29-22)12-13-27(24(30)31)14-15-32-26(6,7)17-27;1-9-5-3-7-11(17(21)22)13(9)15(19)25-16(20)14-10(2)6-4-8-12(14)18(23)24;1-8(2)11(22)12(23)19-9(3)13(24)21-6-4-5-10(20-21)14(25)26-7-15(16,17)18/h12-17,21,24-26,30,32,48H,10-11,18-20,22-23H2,1-9H3,(H,45,50)(H,46,54);8-13,16,18,28H,2,14-15,17H2,1,3-7H3,(H,30,31);3-8H,1-2H3;8-11,20,22H,4-7H2,1-3H3,(H,19,23)/b17-16+;13-12+;;/t25-,26+,30+,32+,40?;18-,27?;;9-,10-,11-/m11.0/s1. The van der Waals surface area contributed by atoms with Crippen molar-refractivity contribution in [1.29, 1.82) is 0 Å². The number of hydrogen-bond acceptors (Lipinski definition) is 29. The van der Waals surface area contributed by atoms with Gasteiger partial charge in [0.1, 0.15) is 65.8 Å². The zero-order chi connectivity index (χ0) is 106. The number of nitrogens with one attached hydrogen (secondary N) is 6. The Kier molecular flexibility index (Phi) is 42.0. The molecule has 2 unspecified atom stereocenters. The van der Waals surface area contributed by atoms with Gasteiger partial charge >= 0.3 is 41.9 Å². The third-order valence-corrected chi connectivity index (χ3v) is 23.3. The molecule has 6 aromatic rings. The Bertz CT molecular complexity index is 5590. The van der Waals surface area contributed by atoms with Gasteiger partial charge in [0.25, 0.3) is 29.1 Å². The number of ether oxygens (including phenoxy) is 8. The number of nitro groups is 2. The van der Waals surface area contributed by atoms with Gasteiger partial charge in [0.15, 0.2) is 12.0 Å². The van der Waals surface area contributed by atoms with Crippen LogP contribution in [0, 0.1) is 56.7 Å². The second-order valence-electron chi connectivity index (χ2n) is 39.0. The highest BCUT2D eigenvalue weighted by Crippen LogP contribution is 2.44. The predicted molar refractivity (Wildman–Crippen MR) is 536 cm³/mol. The number of rotatable bonds is 29. The number of nitro benzene ring substituents is 2. The largest absolute Gasteiger partial charge is 0.481 e. The minimum Gasteiger partial charge on any atom is -0.481 e. The van der Waals surface area contributed by atoms with Crippen LogP contribution in [0.15, 0.2) is 122 Å². The number of carbonyl (C=O) groups is 11. The van der Waals surface area contributed by atoms with Crippen LogP contribution in [0.25, 0.3) is 34.0 Å². The average Bonchev–Trinajstić information content (AvgIpc) is 0.777. The molecule has 0 bridgehead atoms. The van der Waals surface area contributed by atoms with E-state index in [1.807, 2.05) is 147 Å². The molecule has 142 heavy (non-hydrogen) atoms. The lowest BCUT2D eigenvalue weighted by Crippen LogP contribution is -2.60. The van der Waals surface area contributed by atoms with Gasteiger partial charge < -0.3 is 69.4 Å². The number of carboxylic acid groups (broad SMARTS) is 1. The maximum atomic E-state index is 14.3. The molecule has 4 aliphatic heterocycles. The van der Waals surface area contributed by atoms with E-state index in [9.17, 15) is 83.2 Å². The second-order valence-corrected chi connectivity index (χ2v) is 44.1. The molecule has 0 aliphatic carbocycles. The molecule has 43 heteroatoms. The smallest absolute Gasteiger partial charge is 0.408 e. The van der Waals surface area contributed by atoms with Gasteiger partial charge in [-0.05, 0) is 227 Å². The lowest BCUT2D eigenvalue weighted by atomic mass is 9.73. The molecule has 776 valence electrons. The van der Waals surface area contributed by atoms with E-state index in [0.29, 0.717) is 75.2 Å². The van der Waals surface area contributed by atoms with E-state index in [2.05, 4.69) is 43.4 Å². The third kappa shape index (κ3) is 35.8. The van der Waals surface area contributed by atoms with Crippen LogP contribution in [-0.4, -0.2) is 211 Å². The van der Waals surface area contributed by atoms with Gasteiger partial charge in [-0.3, -0.25) is 78.6 Å². The normalized spacial score (nSPS) is 19.4. The number of carboxylic acids is 1. The monoisotopic (exact) mass is 2090 g/mol. The average molecular weight is 2100 g/mol. The number of alkyl halides is 6. The zero-order valence-electron chi connectivity index (χ0n) is 83.2. The zero-order valence-corrected chi connectivity index (χ0v) is 87.7. The summed E-state index contributed by atoms with van der Waals surface area (Å²) in [5.74, 6) is -7.64. The van der Waals surface area contributed by atoms with Gasteiger partial charge in [-0.15, -0.1) is 0 Å². The third-order valence-electron chi connectivity index (χ3n) is 22.7. The fraction of sp³-hybridized carbons (Fsp3) is 0.525. The Morgan fingerprint density at radius 3 is 1.37 bits per heavy atom. The van der Waals surface area contributed by atoms with Crippen LogP contribution >= 0.6 is 69.6 Å². The van der Waals surface area contributed by atoms with Gasteiger partial charge in [0, 0.05) is 49.2 Å². The number of halogens is 6.